The van der Waals surface area contributed by atoms with Crippen LogP contribution in [0.1, 0.15) is 12.7 Å². The van der Waals surface area contributed by atoms with E-state index in [4.69, 9.17) is 4.42 Å². The lowest BCUT2D eigenvalue weighted by Crippen LogP contribution is -2.17. The van der Waals surface area contributed by atoms with Crippen LogP contribution in [0.4, 0.5) is 15.8 Å². The predicted molar refractivity (Wildman–Crippen MR) is 68.6 cm³/mol. The summed E-state index contributed by atoms with van der Waals surface area (Å²) in [7, 11) is 0. The third-order valence-corrected chi connectivity index (χ3v) is 2.59. The van der Waals surface area contributed by atoms with Crippen molar-refractivity contribution in [2.45, 2.75) is 19.4 Å². The molecule has 19 heavy (non-hydrogen) atoms. The summed E-state index contributed by atoms with van der Waals surface area (Å²) >= 11 is 0. The maximum absolute atomic E-state index is 13.3. The summed E-state index contributed by atoms with van der Waals surface area (Å²) in [5, 5.41) is 13.7. The molecule has 1 unspecified atom stereocenters. The van der Waals surface area contributed by atoms with Crippen LogP contribution in [-0.2, 0) is 6.42 Å². The fraction of sp³-hybridized carbons (Fsp3) is 0.231. The van der Waals surface area contributed by atoms with Crippen molar-refractivity contribution < 1.29 is 13.7 Å². The summed E-state index contributed by atoms with van der Waals surface area (Å²) in [6.45, 7) is 1.89. The summed E-state index contributed by atoms with van der Waals surface area (Å²) in [6.07, 6.45) is 2.19. The predicted octanol–water partition coefficient (Wildman–Crippen LogP) is 3.37. The quantitative estimate of drug-likeness (QED) is 0.664. The Balaban J connectivity index is 2.08. The van der Waals surface area contributed by atoms with Gasteiger partial charge in [-0.25, -0.2) is 4.39 Å². The Hall–Kier alpha value is -2.37. The number of nitro benzene ring substituents is 1. The molecule has 0 saturated heterocycles. The first-order chi connectivity index (χ1) is 9.04. The number of non-ortho nitro benzene ring substituents is 1. The van der Waals surface area contributed by atoms with Gasteiger partial charge in [-0.15, -0.1) is 0 Å². The summed E-state index contributed by atoms with van der Waals surface area (Å²) < 4.78 is 18.5. The Kier molecular flexibility index (Phi) is 3.79. The van der Waals surface area contributed by atoms with Gasteiger partial charge in [0.15, 0.2) is 0 Å². The minimum atomic E-state index is -0.637. The van der Waals surface area contributed by atoms with E-state index in [9.17, 15) is 14.5 Å². The van der Waals surface area contributed by atoms with Gasteiger partial charge >= 0.3 is 0 Å². The zero-order valence-electron chi connectivity index (χ0n) is 10.3. The molecule has 1 atom stereocenters. The molecule has 0 saturated carbocycles. The Morgan fingerprint density at radius 3 is 2.89 bits per heavy atom. The molecule has 5 nitrogen and oxygen atoms in total. The zero-order chi connectivity index (χ0) is 13.8. The molecule has 1 N–H and O–H groups in total. The minimum Gasteiger partial charge on any atom is -0.469 e. The Bertz CT molecular complexity index is 569. The molecule has 0 fully saturated rings. The van der Waals surface area contributed by atoms with E-state index in [1.54, 1.807) is 12.3 Å². The van der Waals surface area contributed by atoms with Crippen molar-refractivity contribution in [1.82, 2.24) is 0 Å². The molecule has 0 spiro atoms. The number of nitro groups is 1. The van der Waals surface area contributed by atoms with Crippen molar-refractivity contribution in [3.8, 4) is 0 Å². The Morgan fingerprint density at radius 1 is 1.47 bits per heavy atom. The van der Waals surface area contributed by atoms with Gasteiger partial charge in [-0.1, -0.05) is 0 Å². The lowest BCUT2D eigenvalue weighted by Gasteiger charge is -2.13. The third-order valence-electron chi connectivity index (χ3n) is 2.59. The van der Waals surface area contributed by atoms with E-state index in [-0.39, 0.29) is 11.7 Å². The second-order valence-electron chi connectivity index (χ2n) is 4.28. The van der Waals surface area contributed by atoms with E-state index < -0.39 is 10.7 Å². The van der Waals surface area contributed by atoms with Crippen LogP contribution < -0.4 is 5.32 Å². The standard InChI is InChI=1S/C13H13FN2O3/c1-9(5-13-3-2-4-19-13)15-11-6-10(14)7-12(8-11)16(17)18/h2-4,6-9,15H,5H2,1H3. The van der Waals surface area contributed by atoms with Crippen LogP contribution in [0.15, 0.2) is 41.0 Å². The first-order valence-corrected chi connectivity index (χ1v) is 5.78. The van der Waals surface area contributed by atoms with E-state index in [0.717, 1.165) is 11.8 Å². The molecule has 0 amide bonds. The van der Waals surface area contributed by atoms with Gasteiger partial charge in [0.25, 0.3) is 5.69 Å². The number of rotatable bonds is 5. The molecule has 2 rings (SSSR count). The number of hydrogen-bond donors (Lipinski definition) is 1. The topological polar surface area (TPSA) is 68.3 Å². The number of halogens is 1. The first kappa shape index (κ1) is 13.1. The average molecular weight is 264 g/mol. The van der Waals surface area contributed by atoms with Crippen molar-refractivity contribution >= 4 is 11.4 Å². The third kappa shape index (κ3) is 3.54. The molecule has 0 radical (unpaired) electrons. The van der Waals surface area contributed by atoms with Gasteiger partial charge in [0, 0.05) is 24.2 Å². The summed E-state index contributed by atoms with van der Waals surface area (Å²) in [6, 6.07) is 7.02. The normalized spacial score (nSPS) is 12.1. The lowest BCUT2D eigenvalue weighted by atomic mass is 10.2. The van der Waals surface area contributed by atoms with E-state index in [0.29, 0.717) is 12.1 Å². The van der Waals surface area contributed by atoms with E-state index >= 15 is 0 Å². The fourth-order valence-electron chi connectivity index (χ4n) is 1.83. The van der Waals surface area contributed by atoms with E-state index in [1.165, 1.54) is 12.1 Å². The monoisotopic (exact) mass is 264 g/mol. The molecule has 2 aromatic rings. The Morgan fingerprint density at radius 2 is 2.26 bits per heavy atom. The molecular weight excluding hydrogens is 251 g/mol. The van der Waals surface area contributed by atoms with Gasteiger partial charge in [-0.05, 0) is 25.1 Å². The van der Waals surface area contributed by atoms with Gasteiger partial charge in [-0.3, -0.25) is 10.1 Å². The van der Waals surface area contributed by atoms with Crippen molar-refractivity contribution in [3.63, 3.8) is 0 Å². The first-order valence-electron chi connectivity index (χ1n) is 5.78. The second kappa shape index (κ2) is 5.51. The van der Waals surface area contributed by atoms with E-state index in [2.05, 4.69) is 5.32 Å². The summed E-state index contributed by atoms with van der Waals surface area (Å²) in [5.74, 6) is 0.160. The highest BCUT2D eigenvalue weighted by molar-refractivity contribution is 5.52. The van der Waals surface area contributed by atoms with Crippen molar-refractivity contribution in [3.05, 3.63) is 58.3 Å². The maximum Gasteiger partial charge on any atom is 0.274 e. The lowest BCUT2D eigenvalue weighted by molar-refractivity contribution is -0.385. The maximum atomic E-state index is 13.3. The molecule has 0 aliphatic rings. The molecular formula is C13H13FN2O3. The highest BCUT2D eigenvalue weighted by Gasteiger charge is 2.12. The van der Waals surface area contributed by atoms with Crippen LogP contribution in [0.3, 0.4) is 0 Å². The molecule has 1 aromatic heterocycles. The van der Waals surface area contributed by atoms with Crippen LogP contribution in [0.25, 0.3) is 0 Å². The number of hydrogen-bond acceptors (Lipinski definition) is 4. The van der Waals surface area contributed by atoms with Gasteiger partial charge in [0.2, 0.25) is 0 Å². The van der Waals surface area contributed by atoms with Crippen LogP contribution in [0.2, 0.25) is 0 Å². The number of anilines is 1. The number of nitrogens with zero attached hydrogens (tertiary/aromatic N) is 1. The molecule has 0 aliphatic heterocycles. The van der Waals surface area contributed by atoms with Crippen molar-refractivity contribution in [2.75, 3.05) is 5.32 Å². The van der Waals surface area contributed by atoms with Crippen LogP contribution >= 0.6 is 0 Å². The second-order valence-corrected chi connectivity index (χ2v) is 4.28. The van der Waals surface area contributed by atoms with Gasteiger partial charge in [0.1, 0.15) is 11.6 Å². The minimum absolute atomic E-state index is 0.0347. The molecule has 1 heterocycles. The van der Waals surface area contributed by atoms with E-state index in [1.807, 2.05) is 13.0 Å². The van der Waals surface area contributed by atoms with Crippen molar-refractivity contribution in [2.24, 2.45) is 0 Å². The molecule has 6 heteroatoms. The fourth-order valence-corrected chi connectivity index (χ4v) is 1.83. The number of furan rings is 1. The van der Waals surface area contributed by atoms with Crippen LogP contribution in [0, 0.1) is 15.9 Å². The molecule has 0 aliphatic carbocycles. The number of nitrogens with one attached hydrogen (secondary N) is 1. The molecule has 1 aromatic carbocycles. The smallest absolute Gasteiger partial charge is 0.274 e. The van der Waals surface area contributed by atoms with Gasteiger partial charge in [-0.2, -0.15) is 0 Å². The Labute approximate surface area is 109 Å². The van der Waals surface area contributed by atoms with Crippen LogP contribution in [-0.4, -0.2) is 11.0 Å². The van der Waals surface area contributed by atoms with Gasteiger partial charge in [0.05, 0.1) is 17.3 Å². The van der Waals surface area contributed by atoms with Crippen molar-refractivity contribution in [1.29, 1.82) is 0 Å². The molecule has 100 valence electrons. The summed E-state index contributed by atoms with van der Waals surface area (Å²) in [5.41, 5.74) is 0.110. The largest absolute Gasteiger partial charge is 0.469 e. The zero-order valence-corrected chi connectivity index (χ0v) is 10.3. The highest BCUT2D eigenvalue weighted by atomic mass is 19.1. The van der Waals surface area contributed by atoms with Crippen LogP contribution in [0.5, 0.6) is 0 Å². The summed E-state index contributed by atoms with van der Waals surface area (Å²) in [4.78, 5) is 10.0. The highest BCUT2D eigenvalue weighted by Crippen LogP contribution is 2.21. The molecule has 0 bridgehead atoms. The number of benzene rings is 1. The van der Waals surface area contributed by atoms with Gasteiger partial charge < -0.3 is 9.73 Å². The average Bonchev–Trinajstić information content (AvgIpc) is 2.80. The SMILES string of the molecule is CC(Cc1ccco1)Nc1cc(F)cc([N+](=O)[O-])c1.